The summed E-state index contributed by atoms with van der Waals surface area (Å²) in [6.45, 7) is -0.00618. The van der Waals surface area contributed by atoms with Gasteiger partial charge in [0.25, 0.3) is 5.91 Å². The van der Waals surface area contributed by atoms with E-state index in [1.54, 1.807) is 24.5 Å². The van der Waals surface area contributed by atoms with Crippen LogP contribution in [0.3, 0.4) is 0 Å². The second-order valence-corrected chi connectivity index (χ2v) is 6.30. The van der Waals surface area contributed by atoms with Crippen molar-refractivity contribution in [2.75, 3.05) is 5.32 Å². The number of carbonyl (C=O) groups is 1. The highest BCUT2D eigenvalue weighted by atomic mass is 32.1. The summed E-state index contributed by atoms with van der Waals surface area (Å²) >= 11 is 1.14. The minimum absolute atomic E-state index is 0.00618. The fraction of sp³-hybridized carbons (Fsp3) is 0.118. The van der Waals surface area contributed by atoms with E-state index in [9.17, 15) is 18.0 Å². The van der Waals surface area contributed by atoms with Crippen LogP contribution >= 0.6 is 11.3 Å². The summed E-state index contributed by atoms with van der Waals surface area (Å²) < 4.78 is 38.1. The quantitative estimate of drug-likeness (QED) is 0.697. The van der Waals surface area contributed by atoms with E-state index >= 15 is 0 Å². The number of hydrogen-bond donors (Lipinski definition) is 2. The van der Waals surface area contributed by atoms with Crippen molar-refractivity contribution in [3.8, 4) is 0 Å². The van der Waals surface area contributed by atoms with Gasteiger partial charge in [0.05, 0.1) is 11.8 Å². The van der Waals surface area contributed by atoms with Crippen molar-refractivity contribution in [2.24, 2.45) is 0 Å². The highest BCUT2D eigenvalue weighted by Crippen LogP contribution is 2.29. The fourth-order valence-electron chi connectivity index (χ4n) is 2.12. The molecule has 0 radical (unpaired) electrons. The molecule has 2 N–H and O–H groups in total. The number of pyridine rings is 1. The first-order valence-corrected chi connectivity index (χ1v) is 8.31. The maximum absolute atomic E-state index is 12.7. The van der Waals surface area contributed by atoms with Gasteiger partial charge in [-0.15, -0.1) is 0 Å². The Kier molecular flexibility index (Phi) is 5.17. The van der Waals surface area contributed by atoms with E-state index in [0.29, 0.717) is 15.6 Å². The van der Waals surface area contributed by atoms with Crippen LogP contribution in [-0.2, 0) is 12.7 Å². The summed E-state index contributed by atoms with van der Waals surface area (Å²) in [5.74, 6) is -0.400. The van der Waals surface area contributed by atoms with Gasteiger partial charge in [-0.25, -0.2) is 4.98 Å². The lowest BCUT2D eigenvalue weighted by Crippen LogP contribution is -2.22. The third-order valence-corrected chi connectivity index (χ3v) is 4.28. The lowest BCUT2D eigenvalue weighted by molar-refractivity contribution is -0.137. The van der Waals surface area contributed by atoms with Gasteiger partial charge in [0.15, 0.2) is 5.13 Å². The number of carbonyl (C=O) groups excluding carboxylic acids is 1. The van der Waals surface area contributed by atoms with E-state index in [4.69, 9.17) is 0 Å². The molecule has 0 unspecified atom stereocenters. The molecule has 0 spiro atoms. The summed E-state index contributed by atoms with van der Waals surface area (Å²) in [7, 11) is 0. The number of thiazole rings is 1. The second-order valence-electron chi connectivity index (χ2n) is 5.27. The van der Waals surface area contributed by atoms with Crippen molar-refractivity contribution in [1.82, 2.24) is 15.3 Å². The van der Waals surface area contributed by atoms with Gasteiger partial charge in [-0.3, -0.25) is 9.78 Å². The van der Waals surface area contributed by atoms with Crippen molar-refractivity contribution in [1.29, 1.82) is 0 Å². The number of benzene rings is 1. The Morgan fingerprint density at radius 2 is 1.92 bits per heavy atom. The molecule has 2 aromatic heterocycles. The van der Waals surface area contributed by atoms with Crippen LogP contribution in [0.25, 0.3) is 0 Å². The van der Waals surface area contributed by atoms with Gasteiger partial charge >= 0.3 is 6.18 Å². The standard InChI is InChI=1S/C17H13F3N4OS/c18-17(19,20)12-3-1-2-11(8-12)9-22-15(25)14-10-23-16(26-14)24-13-4-6-21-7-5-13/h1-8,10H,9H2,(H,22,25)(H,21,23,24). The van der Waals surface area contributed by atoms with E-state index in [-0.39, 0.29) is 6.54 Å². The van der Waals surface area contributed by atoms with Gasteiger partial charge in [0.2, 0.25) is 0 Å². The molecule has 3 aromatic rings. The molecule has 26 heavy (non-hydrogen) atoms. The summed E-state index contributed by atoms with van der Waals surface area (Å²) in [5.41, 5.74) is 0.406. The number of anilines is 2. The van der Waals surface area contributed by atoms with E-state index in [0.717, 1.165) is 29.2 Å². The normalized spacial score (nSPS) is 11.2. The molecule has 0 bridgehead atoms. The molecular formula is C17H13F3N4OS. The molecule has 0 fully saturated rings. The van der Waals surface area contributed by atoms with Crippen molar-refractivity contribution < 1.29 is 18.0 Å². The number of rotatable bonds is 5. The molecule has 0 aliphatic heterocycles. The number of nitrogens with one attached hydrogen (secondary N) is 2. The Labute approximate surface area is 150 Å². The number of nitrogens with zero attached hydrogens (tertiary/aromatic N) is 2. The maximum Gasteiger partial charge on any atom is 0.416 e. The third-order valence-electron chi connectivity index (χ3n) is 3.37. The first-order valence-electron chi connectivity index (χ1n) is 7.49. The van der Waals surface area contributed by atoms with E-state index in [2.05, 4.69) is 20.6 Å². The molecule has 2 heterocycles. The van der Waals surface area contributed by atoms with Crippen molar-refractivity contribution in [3.63, 3.8) is 0 Å². The zero-order valence-corrected chi connectivity index (χ0v) is 14.1. The molecule has 0 aliphatic rings. The van der Waals surface area contributed by atoms with E-state index in [1.165, 1.54) is 18.3 Å². The first-order chi connectivity index (χ1) is 12.4. The average Bonchev–Trinajstić information content (AvgIpc) is 3.09. The average molecular weight is 378 g/mol. The number of aromatic nitrogens is 2. The highest BCUT2D eigenvalue weighted by molar-refractivity contribution is 7.17. The van der Waals surface area contributed by atoms with Crippen LogP contribution in [0.4, 0.5) is 24.0 Å². The molecule has 9 heteroatoms. The van der Waals surface area contributed by atoms with Crippen LogP contribution in [-0.4, -0.2) is 15.9 Å². The highest BCUT2D eigenvalue weighted by Gasteiger charge is 2.30. The number of hydrogen-bond acceptors (Lipinski definition) is 5. The monoisotopic (exact) mass is 378 g/mol. The maximum atomic E-state index is 12.7. The predicted octanol–water partition coefficient (Wildman–Crippen LogP) is 4.23. The van der Waals surface area contributed by atoms with Gasteiger partial charge in [-0.05, 0) is 29.8 Å². The van der Waals surface area contributed by atoms with Gasteiger partial charge in [-0.1, -0.05) is 23.5 Å². The molecule has 0 aliphatic carbocycles. The third kappa shape index (κ3) is 4.57. The molecule has 5 nitrogen and oxygen atoms in total. The molecule has 1 amide bonds. The molecule has 0 saturated heterocycles. The predicted molar refractivity (Wildman–Crippen MR) is 92.2 cm³/mol. The Morgan fingerprint density at radius 1 is 1.15 bits per heavy atom. The van der Waals surface area contributed by atoms with Crippen LogP contribution in [0.1, 0.15) is 20.8 Å². The zero-order valence-electron chi connectivity index (χ0n) is 13.2. The first kappa shape index (κ1) is 17.9. The molecule has 3 rings (SSSR count). The SMILES string of the molecule is O=C(NCc1cccc(C(F)(F)F)c1)c1cnc(Nc2ccncc2)s1. The second kappa shape index (κ2) is 7.52. The molecule has 1 aromatic carbocycles. The fourth-order valence-corrected chi connectivity index (χ4v) is 2.88. The Hall–Kier alpha value is -2.94. The van der Waals surface area contributed by atoms with Crippen LogP contribution in [0, 0.1) is 0 Å². The van der Waals surface area contributed by atoms with Crippen LogP contribution in [0.15, 0.2) is 55.0 Å². The summed E-state index contributed by atoms with van der Waals surface area (Å²) in [4.78, 5) is 20.5. The molecule has 0 atom stereocenters. The van der Waals surface area contributed by atoms with E-state index in [1.807, 2.05) is 0 Å². The Bertz CT molecular complexity index is 896. The van der Waals surface area contributed by atoms with Crippen molar-refractivity contribution in [2.45, 2.75) is 12.7 Å². The minimum atomic E-state index is -4.41. The Balaban J connectivity index is 1.61. The zero-order chi connectivity index (χ0) is 18.6. The Morgan fingerprint density at radius 3 is 2.65 bits per heavy atom. The minimum Gasteiger partial charge on any atom is -0.347 e. The number of amides is 1. The lowest BCUT2D eigenvalue weighted by atomic mass is 10.1. The lowest BCUT2D eigenvalue weighted by Gasteiger charge is -2.09. The van der Waals surface area contributed by atoms with Gasteiger partial charge in [0.1, 0.15) is 4.88 Å². The smallest absolute Gasteiger partial charge is 0.347 e. The van der Waals surface area contributed by atoms with Gasteiger partial charge in [0, 0.05) is 24.6 Å². The summed E-state index contributed by atoms with van der Waals surface area (Å²) in [5, 5.41) is 6.17. The van der Waals surface area contributed by atoms with Crippen LogP contribution in [0.2, 0.25) is 0 Å². The van der Waals surface area contributed by atoms with Crippen LogP contribution in [0.5, 0.6) is 0 Å². The topological polar surface area (TPSA) is 66.9 Å². The summed E-state index contributed by atoms with van der Waals surface area (Å²) in [6.07, 6.45) is 0.248. The number of halogens is 3. The van der Waals surface area contributed by atoms with Crippen molar-refractivity contribution >= 4 is 28.1 Å². The molecular weight excluding hydrogens is 365 g/mol. The molecule has 134 valence electrons. The number of alkyl halides is 3. The largest absolute Gasteiger partial charge is 0.416 e. The van der Waals surface area contributed by atoms with Crippen molar-refractivity contribution in [3.05, 3.63) is 71.0 Å². The van der Waals surface area contributed by atoms with Gasteiger partial charge < -0.3 is 10.6 Å². The van der Waals surface area contributed by atoms with Crippen LogP contribution < -0.4 is 10.6 Å². The van der Waals surface area contributed by atoms with E-state index < -0.39 is 17.6 Å². The molecule has 0 saturated carbocycles. The summed E-state index contributed by atoms with van der Waals surface area (Å²) in [6, 6.07) is 8.37. The van der Waals surface area contributed by atoms with Gasteiger partial charge in [-0.2, -0.15) is 13.2 Å².